The summed E-state index contributed by atoms with van der Waals surface area (Å²) in [6.07, 6.45) is -1.20. The Balaban J connectivity index is 1.91. The Labute approximate surface area is 179 Å². The van der Waals surface area contributed by atoms with Crippen LogP contribution in [0.2, 0.25) is 0 Å². The monoisotopic (exact) mass is 426 g/mol. The number of imidazole rings is 1. The zero-order chi connectivity index (χ0) is 22.2. The summed E-state index contributed by atoms with van der Waals surface area (Å²) in [4.78, 5) is 14.0. The van der Waals surface area contributed by atoms with Gasteiger partial charge in [-0.25, -0.2) is 4.98 Å². The van der Waals surface area contributed by atoms with Gasteiger partial charge in [0.05, 0.1) is 50.3 Å². The second-order valence-electron chi connectivity index (χ2n) is 7.47. The summed E-state index contributed by atoms with van der Waals surface area (Å²) < 4.78 is 10.8. The van der Waals surface area contributed by atoms with Crippen molar-refractivity contribution in [2.45, 2.75) is 17.6 Å². The second kappa shape index (κ2) is 8.18. The number of benzene rings is 2. The van der Waals surface area contributed by atoms with E-state index in [0.717, 1.165) is 11.0 Å². The molecule has 1 fully saturated rings. The number of anilines is 1. The number of aromatic nitrogens is 2. The van der Waals surface area contributed by atoms with Gasteiger partial charge in [0.25, 0.3) is 0 Å². The largest absolute Gasteiger partial charge is 0.497 e. The highest BCUT2D eigenvalue weighted by Crippen LogP contribution is 2.45. The van der Waals surface area contributed by atoms with E-state index in [1.165, 1.54) is 14.2 Å². The van der Waals surface area contributed by atoms with Crippen molar-refractivity contribution >= 4 is 22.6 Å². The molecule has 0 amide bonds. The summed E-state index contributed by atoms with van der Waals surface area (Å²) in [5, 5.41) is 32.2. The van der Waals surface area contributed by atoms with Crippen LogP contribution < -0.4 is 14.4 Å². The Kier molecular flexibility index (Phi) is 5.57. The van der Waals surface area contributed by atoms with Crippen LogP contribution in [0.4, 0.5) is 5.69 Å². The van der Waals surface area contributed by atoms with Crippen LogP contribution in [0.15, 0.2) is 47.5 Å². The number of hydrogen-bond acceptors (Lipinski definition) is 7. The molecule has 4 N–H and O–H groups in total. The van der Waals surface area contributed by atoms with Crippen LogP contribution >= 0.6 is 0 Å². The van der Waals surface area contributed by atoms with E-state index < -0.39 is 30.8 Å². The molecule has 4 rings (SSSR count). The van der Waals surface area contributed by atoms with Gasteiger partial charge in [-0.1, -0.05) is 12.1 Å². The lowest BCUT2D eigenvalue weighted by Gasteiger charge is -2.38. The van der Waals surface area contributed by atoms with E-state index in [2.05, 4.69) is 15.0 Å². The fraction of sp³-hybridized carbons (Fsp3) is 0.364. The first kappa shape index (κ1) is 21.1. The molecule has 9 heteroatoms. The number of H-pyrrole nitrogens is 1. The number of aromatic amines is 1. The summed E-state index contributed by atoms with van der Waals surface area (Å²) in [5.74, 6) is 1.30. The number of rotatable bonds is 6. The van der Waals surface area contributed by atoms with Gasteiger partial charge >= 0.3 is 0 Å². The quantitative estimate of drug-likeness (QED) is 0.468. The van der Waals surface area contributed by atoms with Gasteiger partial charge in [-0.15, -0.1) is 0 Å². The molecule has 1 aliphatic rings. The Hall–Kier alpha value is -3.14. The fourth-order valence-corrected chi connectivity index (χ4v) is 4.27. The number of nitrogens with zero attached hydrogens (tertiary/aromatic N) is 3. The van der Waals surface area contributed by atoms with E-state index in [0.29, 0.717) is 28.8 Å². The molecule has 31 heavy (non-hydrogen) atoms. The lowest BCUT2D eigenvalue weighted by molar-refractivity contribution is 0.0188. The molecular formula is C22H26N4O5. The summed E-state index contributed by atoms with van der Waals surface area (Å²) in [6, 6.07) is 12.7. The zero-order valence-electron chi connectivity index (χ0n) is 17.6. The van der Waals surface area contributed by atoms with Crippen molar-refractivity contribution in [2.24, 2.45) is 4.99 Å². The number of fused-ring (bicyclic) bond motifs is 1. The molecule has 2 aromatic carbocycles. The first-order valence-corrected chi connectivity index (χ1v) is 9.87. The average molecular weight is 426 g/mol. The molecule has 0 radical (unpaired) electrons. The smallest absolute Gasteiger partial charge is 0.124 e. The van der Waals surface area contributed by atoms with Crippen LogP contribution in [0.5, 0.6) is 11.5 Å². The number of ether oxygens (including phenoxy) is 2. The molecular weight excluding hydrogens is 400 g/mol. The normalized spacial score (nSPS) is 21.7. The van der Waals surface area contributed by atoms with Crippen molar-refractivity contribution in [1.29, 1.82) is 0 Å². The maximum atomic E-state index is 11.4. The minimum atomic E-state index is -1.43. The molecule has 0 bridgehead atoms. The molecule has 164 valence electrons. The van der Waals surface area contributed by atoms with Crippen LogP contribution in [0.3, 0.4) is 0 Å². The Bertz CT molecular complexity index is 1050. The van der Waals surface area contributed by atoms with Crippen molar-refractivity contribution in [1.82, 2.24) is 9.97 Å². The minimum absolute atomic E-state index is 0.449. The molecule has 0 saturated carbocycles. The third-order valence-electron chi connectivity index (χ3n) is 5.89. The molecule has 2 heterocycles. The maximum Gasteiger partial charge on any atom is 0.124 e. The van der Waals surface area contributed by atoms with Gasteiger partial charge in [-0.3, -0.25) is 4.99 Å². The molecule has 0 spiro atoms. The van der Waals surface area contributed by atoms with Crippen molar-refractivity contribution < 1.29 is 24.8 Å². The van der Waals surface area contributed by atoms with Crippen LogP contribution in [0.25, 0.3) is 11.0 Å². The number of aliphatic hydroxyl groups is 3. The Morgan fingerprint density at radius 2 is 1.74 bits per heavy atom. The number of nitrogens with one attached hydrogen (secondary N) is 1. The highest BCUT2D eigenvalue weighted by Gasteiger charge is 2.58. The number of hydrogen-bond donors (Lipinski definition) is 4. The summed E-state index contributed by atoms with van der Waals surface area (Å²) in [5.41, 5.74) is 0.689. The number of para-hydroxylation sites is 2. The average Bonchev–Trinajstić information content (AvgIpc) is 3.34. The van der Waals surface area contributed by atoms with E-state index in [-0.39, 0.29) is 0 Å². The number of amidine groups is 1. The van der Waals surface area contributed by atoms with Crippen LogP contribution in [0.1, 0.15) is 11.7 Å². The van der Waals surface area contributed by atoms with Crippen molar-refractivity contribution in [3.05, 3.63) is 48.3 Å². The predicted molar refractivity (Wildman–Crippen MR) is 117 cm³/mol. The van der Waals surface area contributed by atoms with Crippen molar-refractivity contribution in [3.8, 4) is 11.5 Å². The van der Waals surface area contributed by atoms with E-state index in [1.54, 1.807) is 30.1 Å². The number of methoxy groups -OCH3 is 2. The molecule has 2 unspecified atom stereocenters. The van der Waals surface area contributed by atoms with Gasteiger partial charge in [0, 0.05) is 25.2 Å². The van der Waals surface area contributed by atoms with E-state index in [4.69, 9.17) is 9.47 Å². The molecule has 1 saturated heterocycles. The zero-order valence-corrected chi connectivity index (χ0v) is 17.6. The maximum absolute atomic E-state index is 11.4. The highest BCUT2D eigenvalue weighted by molar-refractivity contribution is 6.07. The Morgan fingerprint density at radius 3 is 2.29 bits per heavy atom. The van der Waals surface area contributed by atoms with Gasteiger partial charge in [0.15, 0.2) is 0 Å². The third-order valence-corrected chi connectivity index (χ3v) is 5.89. The summed E-state index contributed by atoms with van der Waals surface area (Å²) in [6.45, 7) is -1.03. The molecule has 1 aliphatic heterocycles. The van der Waals surface area contributed by atoms with Crippen LogP contribution in [-0.2, 0) is 0 Å². The second-order valence-corrected chi connectivity index (χ2v) is 7.47. The molecule has 2 atom stereocenters. The van der Waals surface area contributed by atoms with Crippen LogP contribution in [0, 0.1) is 0 Å². The number of aliphatic imine (C=N–C) groups is 1. The third kappa shape index (κ3) is 3.21. The molecule has 1 aromatic heterocycles. The van der Waals surface area contributed by atoms with Crippen LogP contribution in [-0.4, -0.2) is 77.2 Å². The minimum Gasteiger partial charge on any atom is -0.497 e. The lowest BCUT2D eigenvalue weighted by Crippen LogP contribution is -2.57. The SMILES string of the molecule is CN=C1C(c2nc3ccccc3[nH]2)C(O)C(CO)(CO)N1c1cc(OC)cc(OC)c1. The Morgan fingerprint density at radius 1 is 1.10 bits per heavy atom. The predicted octanol–water partition coefficient (Wildman–Crippen LogP) is 1.30. The van der Waals surface area contributed by atoms with E-state index in [1.807, 2.05) is 24.3 Å². The van der Waals surface area contributed by atoms with Gasteiger partial charge < -0.3 is 34.7 Å². The lowest BCUT2D eigenvalue weighted by atomic mass is 9.89. The van der Waals surface area contributed by atoms with E-state index >= 15 is 0 Å². The van der Waals surface area contributed by atoms with Gasteiger partial charge in [-0.05, 0) is 12.1 Å². The highest BCUT2D eigenvalue weighted by atomic mass is 16.5. The molecule has 9 nitrogen and oxygen atoms in total. The van der Waals surface area contributed by atoms with E-state index in [9.17, 15) is 15.3 Å². The van der Waals surface area contributed by atoms with Crippen molar-refractivity contribution in [2.75, 3.05) is 39.4 Å². The van der Waals surface area contributed by atoms with Gasteiger partial charge in [0.1, 0.15) is 34.6 Å². The topological polar surface area (TPSA) is 123 Å². The molecule has 0 aliphatic carbocycles. The van der Waals surface area contributed by atoms with Gasteiger partial charge in [0.2, 0.25) is 0 Å². The first-order chi connectivity index (χ1) is 15.0. The number of aliphatic hydroxyl groups excluding tert-OH is 3. The van der Waals surface area contributed by atoms with Gasteiger partial charge in [-0.2, -0.15) is 0 Å². The fourth-order valence-electron chi connectivity index (χ4n) is 4.27. The molecule has 3 aromatic rings. The summed E-state index contributed by atoms with van der Waals surface area (Å²) in [7, 11) is 4.68. The first-order valence-electron chi connectivity index (χ1n) is 9.87. The summed E-state index contributed by atoms with van der Waals surface area (Å²) >= 11 is 0. The van der Waals surface area contributed by atoms with Crippen molar-refractivity contribution in [3.63, 3.8) is 0 Å². The standard InChI is InChI=1S/C22H26N4O5/c1-23-21-18(20-24-16-6-4-5-7-17(16)25-20)19(29)22(11-27,12-28)26(21)13-8-14(30-2)10-15(9-13)31-3/h4-10,18-19,27-29H,11-12H2,1-3H3,(H,24,25).